The van der Waals surface area contributed by atoms with Crippen LogP contribution >= 0.6 is 11.6 Å². The highest BCUT2D eigenvalue weighted by molar-refractivity contribution is 7.92. The number of hydrogen-bond donors (Lipinski definition) is 1. The minimum Gasteiger partial charge on any atom is -0.354 e. The second-order valence-electron chi connectivity index (χ2n) is 10.7. The van der Waals surface area contributed by atoms with Crippen LogP contribution in [0.2, 0.25) is 5.02 Å². The maximum Gasteiger partial charge on any atom is 0.264 e. The van der Waals surface area contributed by atoms with Gasteiger partial charge in [0.2, 0.25) is 11.8 Å². The zero-order valence-electron chi connectivity index (χ0n) is 24.3. The summed E-state index contributed by atoms with van der Waals surface area (Å²) >= 11 is 6.29. The van der Waals surface area contributed by atoms with E-state index in [0.717, 1.165) is 9.87 Å². The van der Waals surface area contributed by atoms with Gasteiger partial charge in [-0.2, -0.15) is 0 Å². The van der Waals surface area contributed by atoms with Crippen molar-refractivity contribution in [2.45, 2.75) is 37.8 Å². The molecule has 0 aliphatic carbocycles. The topological polar surface area (TPSA) is 86.8 Å². The first-order valence-electron chi connectivity index (χ1n) is 14.1. The molecule has 9 heteroatoms. The molecule has 1 atom stereocenters. The Balaban J connectivity index is 1.77. The van der Waals surface area contributed by atoms with Gasteiger partial charge in [-0.1, -0.05) is 104 Å². The van der Waals surface area contributed by atoms with Crippen LogP contribution in [-0.2, 0) is 32.6 Å². The van der Waals surface area contributed by atoms with E-state index < -0.39 is 28.5 Å². The number of halogens is 1. The van der Waals surface area contributed by atoms with Crippen molar-refractivity contribution in [3.05, 3.63) is 131 Å². The summed E-state index contributed by atoms with van der Waals surface area (Å²) in [6, 6.07) is 32.1. The molecule has 43 heavy (non-hydrogen) atoms. The summed E-state index contributed by atoms with van der Waals surface area (Å²) in [6.07, 6.45) is 0.244. The second-order valence-corrected chi connectivity index (χ2v) is 13.0. The lowest BCUT2D eigenvalue weighted by Gasteiger charge is -2.34. The quantitative estimate of drug-likeness (QED) is 0.201. The van der Waals surface area contributed by atoms with Crippen molar-refractivity contribution >= 4 is 39.1 Å². The highest BCUT2D eigenvalue weighted by Gasteiger charge is 2.34. The number of para-hydroxylation sites is 1. The van der Waals surface area contributed by atoms with E-state index in [4.69, 9.17) is 11.6 Å². The highest BCUT2D eigenvalue weighted by atomic mass is 35.5. The molecule has 0 saturated heterocycles. The Hall–Kier alpha value is -4.14. The Morgan fingerprint density at radius 2 is 1.37 bits per heavy atom. The number of nitrogens with one attached hydrogen (secondary N) is 1. The Kier molecular flexibility index (Phi) is 11.0. The zero-order chi connectivity index (χ0) is 30.8. The molecular formula is C34H36ClN3O4S. The molecule has 1 N–H and O–H groups in total. The number of nitrogens with zero attached hydrogens (tertiary/aromatic N) is 2. The minimum absolute atomic E-state index is 0.0556. The summed E-state index contributed by atoms with van der Waals surface area (Å²) in [6.45, 7) is 3.97. The SMILES string of the molecule is CC(C)CNC(=O)[C@H](Cc1ccccc1)N(Cc1cccc(Cl)c1)C(=O)CN(c1ccccc1)S(=O)(=O)c1ccccc1. The van der Waals surface area contributed by atoms with Gasteiger partial charge in [-0.05, 0) is 53.4 Å². The lowest BCUT2D eigenvalue weighted by Crippen LogP contribution is -2.53. The highest BCUT2D eigenvalue weighted by Crippen LogP contribution is 2.25. The average molecular weight is 618 g/mol. The van der Waals surface area contributed by atoms with Crippen molar-refractivity contribution in [1.29, 1.82) is 0 Å². The van der Waals surface area contributed by atoms with E-state index in [0.29, 0.717) is 22.8 Å². The summed E-state index contributed by atoms with van der Waals surface area (Å²) in [5, 5.41) is 3.48. The van der Waals surface area contributed by atoms with Crippen LogP contribution in [0, 0.1) is 5.92 Å². The molecule has 0 spiro atoms. The van der Waals surface area contributed by atoms with Gasteiger partial charge in [-0.25, -0.2) is 8.42 Å². The molecule has 2 amide bonds. The molecule has 4 aromatic carbocycles. The van der Waals surface area contributed by atoms with Crippen LogP contribution in [0.5, 0.6) is 0 Å². The van der Waals surface area contributed by atoms with Gasteiger partial charge in [-0.15, -0.1) is 0 Å². The Morgan fingerprint density at radius 1 is 0.791 bits per heavy atom. The molecule has 0 fully saturated rings. The first-order valence-corrected chi connectivity index (χ1v) is 16.0. The van der Waals surface area contributed by atoms with Crippen LogP contribution in [-0.4, -0.2) is 44.3 Å². The van der Waals surface area contributed by atoms with Crippen molar-refractivity contribution in [3.63, 3.8) is 0 Å². The van der Waals surface area contributed by atoms with Gasteiger partial charge < -0.3 is 10.2 Å². The summed E-state index contributed by atoms with van der Waals surface area (Å²) in [7, 11) is -4.12. The molecule has 0 radical (unpaired) electrons. The number of sulfonamides is 1. The van der Waals surface area contributed by atoms with Crippen LogP contribution in [0.4, 0.5) is 5.69 Å². The predicted molar refractivity (Wildman–Crippen MR) is 171 cm³/mol. The molecule has 0 saturated carbocycles. The molecule has 4 aromatic rings. The number of carbonyl (C=O) groups excluding carboxylic acids is 2. The predicted octanol–water partition coefficient (Wildman–Crippen LogP) is 5.95. The van der Waals surface area contributed by atoms with Gasteiger partial charge >= 0.3 is 0 Å². The van der Waals surface area contributed by atoms with Crippen molar-refractivity contribution < 1.29 is 18.0 Å². The smallest absolute Gasteiger partial charge is 0.264 e. The molecule has 4 rings (SSSR count). The average Bonchev–Trinajstić information content (AvgIpc) is 3.01. The lowest BCUT2D eigenvalue weighted by molar-refractivity contribution is -0.140. The Bertz CT molecular complexity index is 1600. The minimum atomic E-state index is -4.12. The molecule has 0 aliphatic heterocycles. The molecular weight excluding hydrogens is 582 g/mol. The van der Waals surface area contributed by atoms with E-state index in [-0.39, 0.29) is 29.7 Å². The normalized spacial score (nSPS) is 12.0. The van der Waals surface area contributed by atoms with Crippen LogP contribution in [0.1, 0.15) is 25.0 Å². The van der Waals surface area contributed by atoms with Crippen molar-refractivity contribution in [1.82, 2.24) is 10.2 Å². The van der Waals surface area contributed by atoms with Crippen molar-refractivity contribution in [3.8, 4) is 0 Å². The van der Waals surface area contributed by atoms with Crippen molar-refractivity contribution in [2.75, 3.05) is 17.4 Å². The number of anilines is 1. The van der Waals surface area contributed by atoms with Gasteiger partial charge in [0.15, 0.2) is 0 Å². The molecule has 224 valence electrons. The van der Waals surface area contributed by atoms with E-state index in [1.165, 1.54) is 17.0 Å². The fraction of sp³-hybridized carbons (Fsp3) is 0.235. The first kappa shape index (κ1) is 31.8. The lowest BCUT2D eigenvalue weighted by atomic mass is 10.0. The van der Waals surface area contributed by atoms with E-state index in [2.05, 4.69) is 5.32 Å². The number of hydrogen-bond acceptors (Lipinski definition) is 4. The Morgan fingerprint density at radius 3 is 1.98 bits per heavy atom. The molecule has 0 heterocycles. The summed E-state index contributed by atoms with van der Waals surface area (Å²) < 4.78 is 28.9. The first-order chi connectivity index (χ1) is 20.6. The standard InChI is InChI=1S/C34H36ClN3O4S/c1-26(2)23-36-34(40)32(22-27-13-6-3-7-14-27)37(24-28-15-12-16-29(35)21-28)33(39)25-38(30-17-8-4-9-18-30)43(41,42)31-19-10-5-11-20-31/h3-21,26,32H,22-25H2,1-2H3,(H,36,40)/t32-/m0/s1. The van der Waals surface area contributed by atoms with Gasteiger partial charge in [0.25, 0.3) is 10.0 Å². The monoisotopic (exact) mass is 617 g/mol. The zero-order valence-corrected chi connectivity index (χ0v) is 25.8. The number of amides is 2. The van der Waals surface area contributed by atoms with E-state index >= 15 is 0 Å². The van der Waals surface area contributed by atoms with E-state index in [1.54, 1.807) is 66.7 Å². The van der Waals surface area contributed by atoms with Crippen LogP contribution in [0.25, 0.3) is 0 Å². The number of rotatable bonds is 13. The van der Waals surface area contributed by atoms with Crippen LogP contribution < -0.4 is 9.62 Å². The molecule has 0 aliphatic rings. The maximum absolute atomic E-state index is 14.4. The largest absolute Gasteiger partial charge is 0.354 e. The number of carbonyl (C=O) groups is 2. The molecule has 0 bridgehead atoms. The van der Waals surface area contributed by atoms with Gasteiger partial charge in [0.1, 0.15) is 12.6 Å². The summed E-state index contributed by atoms with van der Waals surface area (Å²) in [4.78, 5) is 29.7. The van der Waals surface area contributed by atoms with Crippen LogP contribution in [0.15, 0.2) is 120 Å². The Labute approximate surface area is 259 Å². The molecule has 0 aromatic heterocycles. The molecule has 0 unspecified atom stereocenters. The number of benzene rings is 4. The van der Waals surface area contributed by atoms with Gasteiger partial charge in [0.05, 0.1) is 10.6 Å². The fourth-order valence-electron chi connectivity index (χ4n) is 4.65. The van der Waals surface area contributed by atoms with E-state index in [9.17, 15) is 18.0 Å². The summed E-state index contributed by atoms with van der Waals surface area (Å²) in [5.74, 6) is -0.642. The van der Waals surface area contributed by atoms with Crippen LogP contribution in [0.3, 0.4) is 0 Å². The third kappa shape index (κ3) is 8.69. The van der Waals surface area contributed by atoms with E-state index in [1.807, 2.05) is 50.2 Å². The van der Waals surface area contributed by atoms with Gasteiger partial charge in [0, 0.05) is 24.5 Å². The summed E-state index contributed by atoms with van der Waals surface area (Å²) in [5.41, 5.74) is 1.92. The third-order valence-corrected chi connectivity index (χ3v) is 8.88. The third-order valence-electron chi connectivity index (χ3n) is 6.85. The van der Waals surface area contributed by atoms with Gasteiger partial charge in [-0.3, -0.25) is 13.9 Å². The maximum atomic E-state index is 14.4. The molecule has 7 nitrogen and oxygen atoms in total. The fourth-order valence-corrected chi connectivity index (χ4v) is 6.30. The second kappa shape index (κ2) is 14.8. The van der Waals surface area contributed by atoms with Crippen molar-refractivity contribution in [2.24, 2.45) is 5.92 Å².